The van der Waals surface area contributed by atoms with Gasteiger partial charge in [-0.3, -0.25) is 9.89 Å². The molecule has 1 aromatic rings. The van der Waals surface area contributed by atoms with Crippen LogP contribution >= 0.6 is 0 Å². The molecule has 1 aromatic heterocycles. The van der Waals surface area contributed by atoms with Crippen LogP contribution in [0.4, 0.5) is 0 Å². The summed E-state index contributed by atoms with van der Waals surface area (Å²) in [5.74, 6) is -1.64. The zero-order valence-electron chi connectivity index (χ0n) is 12.7. The van der Waals surface area contributed by atoms with Crippen molar-refractivity contribution in [2.45, 2.75) is 52.5 Å². The molecule has 0 aliphatic carbocycles. The number of H-pyrrole nitrogens is 1. The molecule has 1 heterocycles. The first-order valence-electron chi connectivity index (χ1n) is 6.76. The van der Waals surface area contributed by atoms with E-state index in [0.717, 1.165) is 5.69 Å². The Morgan fingerprint density at radius 3 is 2.45 bits per heavy atom. The minimum Gasteiger partial charge on any atom is -0.480 e. The molecule has 0 saturated carbocycles. The van der Waals surface area contributed by atoms with Gasteiger partial charge in [-0.2, -0.15) is 5.10 Å². The van der Waals surface area contributed by atoms with E-state index in [1.165, 1.54) is 0 Å². The van der Waals surface area contributed by atoms with Gasteiger partial charge in [-0.25, -0.2) is 4.79 Å². The minimum atomic E-state index is -1.03. The number of aromatic nitrogens is 2. The van der Waals surface area contributed by atoms with Crippen LogP contribution in [-0.2, 0) is 10.2 Å². The molecule has 1 rings (SSSR count). The fourth-order valence-corrected chi connectivity index (χ4v) is 1.72. The third-order valence-corrected chi connectivity index (χ3v) is 3.38. The molecular formula is C14H23N3O3. The van der Waals surface area contributed by atoms with Gasteiger partial charge in [-0.15, -0.1) is 0 Å². The van der Waals surface area contributed by atoms with Crippen molar-refractivity contribution in [2.24, 2.45) is 5.92 Å². The summed E-state index contributed by atoms with van der Waals surface area (Å²) in [6.45, 7) is 9.69. The summed E-state index contributed by atoms with van der Waals surface area (Å²) in [5.41, 5.74) is 0.900. The third kappa shape index (κ3) is 3.82. The zero-order valence-corrected chi connectivity index (χ0v) is 12.7. The molecule has 0 unspecified atom stereocenters. The van der Waals surface area contributed by atoms with E-state index in [1.54, 1.807) is 13.0 Å². The molecule has 0 aliphatic rings. The van der Waals surface area contributed by atoms with Gasteiger partial charge in [0.1, 0.15) is 11.7 Å². The minimum absolute atomic E-state index is 0.141. The van der Waals surface area contributed by atoms with E-state index in [-0.39, 0.29) is 17.0 Å². The van der Waals surface area contributed by atoms with Crippen LogP contribution in [-0.4, -0.2) is 33.2 Å². The Morgan fingerprint density at radius 2 is 2.05 bits per heavy atom. The monoisotopic (exact) mass is 281 g/mol. The van der Waals surface area contributed by atoms with Crippen molar-refractivity contribution < 1.29 is 14.7 Å². The number of aliphatic carboxylic acids is 1. The molecule has 0 radical (unpaired) electrons. The van der Waals surface area contributed by atoms with Crippen LogP contribution in [0.5, 0.6) is 0 Å². The van der Waals surface area contributed by atoms with E-state index in [2.05, 4.69) is 15.5 Å². The van der Waals surface area contributed by atoms with Gasteiger partial charge in [-0.05, 0) is 12.0 Å². The van der Waals surface area contributed by atoms with E-state index in [9.17, 15) is 9.59 Å². The second-order valence-corrected chi connectivity index (χ2v) is 6.09. The number of carboxylic acids is 1. The number of hydrogen-bond acceptors (Lipinski definition) is 3. The van der Waals surface area contributed by atoms with Crippen molar-refractivity contribution in [3.63, 3.8) is 0 Å². The highest BCUT2D eigenvalue weighted by Crippen LogP contribution is 2.20. The Labute approximate surface area is 119 Å². The van der Waals surface area contributed by atoms with Gasteiger partial charge in [0.15, 0.2) is 0 Å². The number of carbonyl (C=O) groups excluding carboxylic acids is 1. The number of carboxylic acid groups (broad SMARTS) is 1. The molecule has 1 amide bonds. The van der Waals surface area contributed by atoms with E-state index in [0.29, 0.717) is 6.42 Å². The van der Waals surface area contributed by atoms with E-state index < -0.39 is 17.9 Å². The standard InChI is InChI=1S/C14H23N3O3/c1-6-8(2)11(13(19)20)15-12(18)9-7-10(17-16-9)14(3,4)5/h7-8,11H,6H2,1-5H3,(H,15,18)(H,16,17)(H,19,20)/t8-,11-/m0/s1. The molecule has 2 atom stereocenters. The molecule has 112 valence electrons. The van der Waals surface area contributed by atoms with Crippen LogP contribution < -0.4 is 5.32 Å². The van der Waals surface area contributed by atoms with Crippen LogP contribution in [0.15, 0.2) is 6.07 Å². The molecule has 0 bridgehead atoms. The van der Waals surface area contributed by atoms with Crippen molar-refractivity contribution >= 4 is 11.9 Å². The second-order valence-electron chi connectivity index (χ2n) is 6.09. The summed E-state index contributed by atoms with van der Waals surface area (Å²) in [6.07, 6.45) is 0.672. The summed E-state index contributed by atoms with van der Waals surface area (Å²) in [5, 5.41) is 18.5. The number of hydrogen-bond donors (Lipinski definition) is 3. The largest absolute Gasteiger partial charge is 0.480 e. The third-order valence-electron chi connectivity index (χ3n) is 3.38. The van der Waals surface area contributed by atoms with Gasteiger partial charge in [-0.1, -0.05) is 41.0 Å². The SMILES string of the molecule is CC[C@H](C)[C@H](NC(=O)c1cc(C(C)(C)C)[nH]n1)C(=O)O. The predicted octanol–water partition coefficient (Wildman–Crippen LogP) is 1.94. The van der Waals surface area contributed by atoms with E-state index in [4.69, 9.17) is 5.11 Å². The quantitative estimate of drug-likeness (QED) is 0.768. The van der Waals surface area contributed by atoms with Crippen molar-refractivity contribution in [3.05, 3.63) is 17.5 Å². The van der Waals surface area contributed by atoms with Gasteiger partial charge in [0.2, 0.25) is 0 Å². The highest BCUT2D eigenvalue weighted by molar-refractivity contribution is 5.95. The summed E-state index contributed by atoms with van der Waals surface area (Å²) in [6, 6.07) is 0.757. The van der Waals surface area contributed by atoms with Crippen LogP contribution in [0, 0.1) is 5.92 Å². The second kappa shape index (κ2) is 6.07. The van der Waals surface area contributed by atoms with Crippen molar-refractivity contribution in [3.8, 4) is 0 Å². The molecular weight excluding hydrogens is 258 g/mol. The predicted molar refractivity (Wildman–Crippen MR) is 75.6 cm³/mol. The highest BCUT2D eigenvalue weighted by Gasteiger charge is 2.27. The van der Waals surface area contributed by atoms with Crippen LogP contribution in [0.2, 0.25) is 0 Å². The number of amides is 1. The molecule has 0 saturated heterocycles. The van der Waals surface area contributed by atoms with Gasteiger partial charge in [0.25, 0.3) is 5.91 Å². The van der Waals surface area contributed by atoms with E-state index >= 15 is 0 Å². The Morgan fingerprint density at radius 1 is 1.45 bits per heavy atom. The van der Waals surface area contributed by atoms with Crippen LogP contribution in [0.25, 0.3) is 0 Å². The Balaban J connectivity index is 2.85. The smallest absolute Gasteiger partial charge is 0.326 e. The lowest BCUT2D eigenvalue weighted by atomic mass is 9.92. The van der Waals surface area contributed by atoms with Crippen molar-refractivity contribution in [1.29, 1.82) is 0 Å². The summed E-state index contributed by atoms with van der Waals surface area (Å²) < 4.78 is 0. The van der Waals surface area contributed by atoms with Crippen LogP contribution in [0.3, 0.4) is 0 Å². The lowest BCUT2D eigenvalue weighted by Crippen LogP contribution is -2.45. The molecule has 0 aliphatic heterocycles. The number of carbonyl (C=O) groups is 2. The fourth-order valence-electron chi connectivity index (χ4n) is 1.72. The summed E-state index contributed by atoms with van der Waals surface area (Å²) in [7, 11) is 0. The van der Waals surface area contributed by atoms with Gasteiger partial charge < -0.3 is 10.4 Å². The zero-order chi connectivity index (χ0) is 15.5. The Bertz CT molecular complexity index is 488. The average molecular weight is 281 g/mol. The van der Waals surface area contributed by atoms with Gasteiger partial charge in [0, 0.05) is 11.1 Å². The first kappa shape index (κ1) is 16.2. The topological polar surface area (TPSA) is 95.1 Å². The molecule has 20 heavy (non-hydrogen) atoms. The number of aromatic amines is 1. The van der Waals surface area contributed by atoms with E-state index in [1.807, 2.05) is 27.7 Å². The molecule has 0 spiro atoms. The number of nitrogens with one attached hydrogen (secondary N) is 2. The lowest BCUT2D eigenvalue weighted by molar-refractivity contribution is -0.140. The molecule has 6 nitrogen and oxygen atoms in total. The summed E-state index contributed by atoms with van der Waals surface area (Å²) >= 11 is 0. The molecule has 3 N–H and O–H groups in total. The molecule has 6 heteroatoms. The summed E-state index contributed by atoms with van der Waals surface area (Å²) in [4.78, 5) is 23.3. The number of nitrogens with zero attached hydrogens (tertiary/aromatic N) is 1. The van der Waals surface area contributed by atoms with Crippen molar-refractivity contribution in [1.82, 2.24) is 15.5 Å². The average Bonchev–Trinajstić information content (AvgIpc) is 2.83. The number of rotatable bonds is 5. The fraction of sp³-hybridized carbons (Fsp3) is 0.643. The maximum atomic E-state index is 12.1. The lowest BCUT2D eigenvalue weighted by Gasteiger charge is -2.19. The van der Waals surface area contributed by atoms with Crippen molar-refractivity contribution in [2.75, 3.05) is 0 Å². The maximum Gasteiger partial charge on any atom is 0.326 e. The van der Waals surface area contributed by atoms with Crippen LogP contribution in [0.1, 0.15) is 57.2 Å². The maximum absolute atomic E-state index is 12.1. The first-order valence-corrected chi connectivity index (χ1v) is 6.76. The van der Waals surface area contributed by atoms with Gasteiger partial charge in [0.05, 0.1) is 0 Å². The Hall–Kier alpha value is -1.85. The Kier molecular flexibility index (Phi) is 4.92. The normalized spacial score (nSPS) is 14.7. The first-order chi connectivity index (χ1) is 9.16. The molecule has 0 fully saturated rings. The molecule has 0 aromatic carbocycles. The highest BCUT2D eigenvalue weighted by atomic mass is 16.4. The van der Waals surface area contributed by atoms with Gasteiger partial charge >= 0.3 is 5.97 Å².